The number of carbonyl (C=O) groups is 1. The van der Waals surface area contributed by atoms with E-state index in [2.05, 4.69) is 11.9 Å². The largest absolute Gasteiger partial charge is 0.348 e. The molecular formula is C11H10N2O. The minimum atomic E-state index is -0.215. The third-order valence-corrected chi connectivity index (χ3v) is 1.71. The number of nitrogens with one attached hydrogen (secondary N) is 1. The highest BCUT2D eigenvalue weighted by atomic mass is 16.1. The summed E-state index contributed by atoms with van der Waals surface area (Å²) >= 11 is 0. The average molecular weight is 186 g/mol. The molecule has 1 N–H and O–H groups in total. The van der Waals surface area contributed by atoms with Crippen molar-refractivity contribution < 1.29 is 4.79 Å². The zero-order valence-electron chi connectivity index (χ0n) is 7.66. The summed E-state index contributed by atoms with van der Waals surface area (Å²) in [5.74, 6) is -0.215. The maximum atomic E-state index is 10.8. The van der Waals surface area contributed by atoms with Crippen LogP contribution in [-0.2, 0) is 11.3 Å². The van der Waals surface area contributed by atoms with Gasteiger partial charge in [0.05, 0.1) is 11.6 Å². The Balaban J connectivity index is 2.64. The quantitative estimate of drug-likeness (QED) is 0.724. The predicted octanol–water partition coefficient (Wildman–Crippen LogP) is 1.36. The summed E-state index contributed by atoms with van der Waals surface area (Å²) in [4.78, 5) is 10.8. The van der Waals surface area contributed by atoms with Crippen molar-refractivity contribution >= 4 is 5.91 Å². The van der Waals surface area contributed by atoms with Gasteiger partial charge in [-0.05, 0) is 23.8 Å². The first-order valence-electron chi connectivity index (χ1n) is 4.15. The molecule has 0 aliphatic carbocycles. The monoisotopic (exact) mass is 186 g/mol. The SMILES string of the molecule is C=CC(=O)NCc1cccc(C#N)c1. The van der Waals surface area contributed by atoms with Crippen molar-refractivity contribution in [3.63, 3.8) is 0 Å². The summed E-state index contributed by atoms with van der Waals surface area (Å²) in [5, 5.41) is 11.3. The highest BCUT2D eigenvalue weighted by Gasteiger charge is 1.96. The van der Waals surface area contributed by atoms with Gasteiger partial charge in [0, 0.05) is 6.54 Å². The zero-order chi connectivity index (χ0) is 10.4. The number of carbonyl (C=O) groups excluding carboxylic acids is 1. The minimum absolute atomic E-state index is 0.215. The summed E-state index contributed by atoms with van der Waals surface area (Å²) in [5.41, 5.74) is 1.50. The maximum Gasteiger partial charge on any atom is 0.243 e. The van der Waals surface area contributed by atoms with Gasteiger partial charge in [-0.1, -0.05) is 18.7 Å². The Hall–Kier alpha value is -2.08. The molecule has 0 atom stereocenters. The molecule has 0 aromatic heterocycles. The zero-order valence-corrected chi connectivity index (χ0v) is 7.66. The highest BCUT2D eigenvalue weighted by molar-refractivity contribution is 5.86. The Kier molecular flexibility index (Phi) is 3.45. The maximum absolute atomic E-state index is 10.8. The van der Waals surface area contributed by atoms with Crippen molar-refractivity contribution in [1.29, 1.82) is 5.26 Å². The molecule has 0 unspecified atom stereocenters. The normalized spacial score (nSPS) is 8.79. The first kappa shape index (κ1) is 10.0. The van der Waals surface area contributed by atoms with Crippen LogP contribution in [0.5, 0.6) is 0 Å². The molecule has 1 rings (SSSR count). The van der Waals surface area contributed by atoms with Crippen molar-refractivity contribution in [2.75, 3.05) is 0 Å². The third kappa shape index (κ3) is 2.76. The molecule has 1 amide bonds. The van der Waals surface area contributed by atoms with Gasteiger partial charge in [0.1, 0.15) is 0 Å². The predicted molar refractivity (Wildman–Crippen MR) is 53.2 cm³/mol. The molecule has 0 aliphatic rings. The van der Waals surface area contributed by atoms with Crippen LogP contribution in [0.25, 0.3) is 0 Å². The van der Waals surface area contributed by atoms with Crippen LogP contribution >= 0.6 is 0 Å². The van der Waals surface area contributed by atoms with E-state index in [-0.39, 0.29) is 5.91 Å². The van der Waals surface area contributed by atoms with Crippen molar-refractivity contribution in [3.05, 3.63) is 48.0 Å². The van der Waals surface area contributed by atoms with Crippen molar-refractivity contribution in [1.82, 2.24) is 5.32 Å². The smallest absolute Gasteiger partial charge is 0.243 e. The molecule has 14 heavy (non-hydrogen) atoms. The van der Waals surface area contributed by atoms with Crippen LogP contribution in [0.15, 0.2) is 36.9 Å². The van der Waals surface area contributed by atoms with E-state index in [1.807, 2.05) is 12.1 Å². The second-order valence-electron chi connectivity index (χ2n) is 2.73. The third-order valence-electron chi connectivity index (χ3n) is 1.71. The summed E-state index contributed by atoms with van der Waals surface area (Å²) in [6, 6.07) is 9.13. The minimum Gasteiger partial charge on any atom is -0.348 e. The number of benzene rings is 1. The molecule has 0 fully saturated rings. The number of rotatable bonds is 3. The molecule has 3 nitrogen and oxygen atoms in total. The molecular weight excluding hydrogens is 176 g/mol. The fourth-order valence-electron chi connectivity index (χ4n) is 1.01. The lowest BCUT2D eigenvalue weighted by Gasteiger charge is -2.02. The number of amides is 1. The van der Waals surface area contributed by atoms with Gasteiger partial charge in [-0.25, -0.2) is 0 Å². The summed E-state index contributed by atoms with van der Waals surface area (Å²) < 4.78 is 0. The molecule has 3 heteroatoms. The molecule has 0 saturated heterocycles. The van der Waals surface area contributed by atoms with Crippen molar-refractivity contribution in [3.8, 4) is 6.07 Å². The van der Waals surface area contributed by atoms with Gasteiger partial charge >= 0.3 is 0 Å². The van der Waals surface area contributed by atoms with E-state index in [9.17, 15) is 4.79 Å². The second-order valence-corrected chi connectivity index (χ2v) is 2.73. The lowest BCUT2D eigenvalue weighted by Crippen LogP contribution is -2.19. The van der Waals surface area contributed by atoms with Gasteiger partial charge < -0.3 is 5.32 Å². The molecule has 0 saturated carbocycles. The average Bonchev–Trinajstić information content (AvgIpc) is 2.26. The van der Waals surface area contributed by atoms with Crippen molar-refractivity contribution in [2.24, 2.45) is 0 Å². The van der Waals surface area contributed by atoms with Crippen LogP contribution < -0.4 is 5.32 Å². The first-order chi connectivity index (χ1) is 6.76. The Morgan fingerprint density at radius 1 is 1.64 bits per heavy atom. The van der Waals surface area contributed by atoms with E-state index in [0.29, 0.717) is 12.1 Å². The molecule has 0 radical (unpaired) electrons. The van der Waals surface area contributed by atoms with Gasteiger partial charge in [0.2, 0.25) is 5.91 Å². The first-order valence-corrected chi connectivity index (χ1v) is 4.15. The van der Waals surface area contributed by atoms with Gasteiger partial charge in [-0.3, -0.25) is 4.79 Å². The summed E-state index contributed by atoms with van der Waals surface area (Å²) in [7, 11) is 0. The number of nitrogens with zero attached hydrogens (tertiary/aromatic N) is 1. The topological polar surface area (TPSA) is 52.9 Å². The lowest BCUT2D eigenvalue weighted by molar-refractivity contribution is -0.116. The van der Waals surface area contributed by atoms with Gasteiger partial charge in [0.25, 0.3) is 0 Å². The van der Waals surface area contributed by atoms with E-state index < -0.39 is 0 Å². The number of hydrogen-bond acceptors (Lipinski definition) is 2. The Labute approximate surface area is 82.7 Å². The summed E-state index contributed by atoms with van der Waals surface area (Å²) in [6.45, 7) is 3.76. The van der Waals surface area contributed by atoms with Crippen LogP contribution in [0.3, 0.4) is 0 Å². The Bertz CT molecular complexity index is 391. The second kappa shape index (κ2) is 4.83. The number of hydrogen-bond donors (Lipinski definition) is 1. The van der Waals surface area contributed by atoms with Crippen LogP contribution in [0.4, 0.5) is 0 Å². The van der Waals surface area contributed by atoms with E-state index in [4.69, 9.17) is 5.26 Å². The molecule has 1 aromatic carbocycles. The van der Waals surface area contributed by atoms with Crippen LogP contribution in [0, 0.1) is 11.3 Å². The van der Waals surface area contributed by atoms with Crippen LogP contribution in [-0.4, -0.2) is 5.91 Å². The number of nitriles is 1. The van der Waals surface area contributed by atoms with Gasteiger partial charge in [-0.2, -0.15) is 5.26 Å². The van der Waals surface area contributed by atoms with E-state index in [0.717, 1.165) is 5.56 Å². The van der Waals surface area contributed by atoms with E-state index in [1.54, 1.807) is 18.2 Å². The molecule has 0 aliphatic heterocycles. The molecule has 0 heterocycles. The van der Waals surface area contributed by atoms with E-state index in [1.165, 1.54) is 6.08 Å². The standard InChI is InChI=1S/C11H10N2O/c1-2-11(14)13-8-10-5-3-4-9(6-10)7-12/h2-6H,1,8H2,(H,13,14). The molecule has 1 aromatic rings. The lowest BCUT2D eigenvalue weighted by atomic mass is 10.1. The fourth-order valence-corrected chi connectivity index (χ4v) is 1.01. The molecule has 70 valence electrons. The van der Waals surface area contributed by atoms with Crippen molar-refractivity contribution in [2.45, 2.75) is 6.54 Å². The molecule has 0 spiro atoms. The summed E-state index contributed by atoms with van der Waals surface area (Å²) in [6.07, 6.45) is 1.22. The van der Waals surface area contributed by atoms with Gasteiger partial charge in [-0.15, -0.1) is 0 Å². The van der Waals surface area contributed by atoms with Crippen LogP contribution in [0.2, 0.25) is 0 Å². The Morgan fingerprint density at radius 2 is 2.43 bits per heavy atom. The van der Waals surface area contributed by atoms with Gasteiger partial charge in [0.15, 0.2) is 0 Å². The fraction of sp³-hybridized carbons (Fsp3) is 0.0909. The van der Waals surface area contributed by atoms with Crippen LogP contribution in [0.1, 0.15) is 11.1 Å². The molecule has 0 bridgehead atoms. The Morgan fingerprint density at radius 3 is 3.07 bits per heavy atom. The van der Waals surface area contributed by atoms with E-state index >= 15 is 0 Å². The highest BCUT2D eigenvalue weighted by Crippen LogP contribution is 2.03.